The number of rotatable bonds is 3. The first-order valence-corrected chi connectivity index (χ1v) is 5.06. The molecule has 1 aromatic rings. The van der Waals surface area contributed by atoms with E-state index in [2.05, 4.69) is 4.18 Å². The third kappa shape index (κ3) is 2.88. The smallest absolute Gasteiger partial charge is 0.357 e. The number of halogens is 1. The summed E-state index contributed by atoms with van der Waals surface area (Å²) in [7, 11) is 0. The fourth-order valence-electron chi connectivity index (χ4n) is 0.979. The third-order valence-electron chi connectivity index (χ3n) is 1.61. The molecule has 1 aromatic carbocycles. The van der Waals surface area contributed by atoms with Gasteiger partial charge in [0.15, 0.2) is 5.75 Å². The monoisotopic (exact) mass is 251 g/mol. The summed E-state index contributed by atoms with van der Waals surface area (Å²) >= 11 is 3.10. The van der Waals surface area contributed by atoms with Crippen LogP contribution in [-0.2, 0) is 11.4 Å². The SMILES string of the molecule is Cc1cc(Cl)c(OS(=O)O)cc1[N+](=O)[O-]. The molecule has 8 heteroatoms. The Morgan fingerprint density at radius 1 is 1.60 bits per heavy atom. The molecule has 0 aliphatic carbocycles. The lowest BCUT2D eigenvalue weighted by Crippen LogP contribution is -2.00. The van der Waals surface area contributed by atoms with Crippen molar-refractivity contribution in [1.29, 1.82) is 0 Å². The van der Waals surface area contributed by atoms with Crippen molar-refractivity contribution in [3.05, 3.63) is 32.8 Å². The Balaban J connectivity index is 3.23. The van der Waals surface area contributed by atoms with Crippen LogP contribution < -0.4 is 4.18 Å². The van der Waals surface area contributed by atoms with Crippen LogP contribution in [0.2, 0.25) is 5.02 Å². The molecular weight excluding hydrogens is 246 g/mol. The molecule has 0 spiro atoms. The van der Waals surface area contributed by atoms with Gasteiger partial charge in [-0.25, -0.2) is 0 Å². The Morgan fingerprint density at radius 2 is 2.20 bits per heavy atom. The van der Waals surface area contributed by atoms with Gasteiger partial charge in [0.05, 0.1) is 16.0 Å². The highest BCUT2D eigenvalue weighted by Gasteiger charge is 2.16. The van der Waals surface area contributed by atoms with Crippen molar-refractivity contribution in [3.63, 3.8) is 0 Å². The zero-order valence-corrected chi connectivity index (χ0v) is 9.04. The number of hydrogen-bond acceptors (Lipinski definition) is 4. The Kier molecular flexibility index (Phi) is 3.61. The topological polar surface area (TPSA) is 89.7 Å². The second-order valence-corrected chi connectivity index (χ2v) is 3.63. The molecule has 0 fully saturated rings. The number of aryl methyl sites for hydroxylation is 1. The Hall–Kier alpha value is -1.18. The summed E-state index contributed by atoms with van der Waals surface area (Å²) in [5.74, 6) is -0.199. The second kappa shape index (κ2) is 4.56. The van der Waals surface area contributed by atoms with Gasteiger partial charge in [-0.2, -0.15) is 4.21 Å². The van der Waals surface area contributed by atoms with Crippen molar-refractivity contribution in [2.24, 2.45) is 0 Å². The van der Waals surface area contributed by atoms with Crippen molar-refractivity contribution in [2.45, 2.75) is 6.92 Å². The number of nitro groups is 1. The average molecular weight is 252 g/mol. The van der Waals surface area contributed by atoms with E-state index in [9.17, 15) is 14.3 Å². The molecule has 0 aliphatic rings. The van der Waals surface area contributed by atoms with Crippen LogP contribution in [0.1, 0.15) is 5.56 Å². The molecule has 6 nitrogen and oxygen atoms in total. The summed E-state index contributed by atoms with van der Waals surface area (Å²) < 4.78 is 23.2. The summed E-state index contributed by atoms with van der Waals surface area (Å²) in [6.07, 6.45) is 0. The predicted molar refractivity (Wildman–Crippen MR) is 54.2 cm³/mol. The van der Waals surface area contributed by atoms with Gasteiger partial charge in [-0.05, 0) is 13.0 Å². The fourth-order valence-corrected chi connectivity index (χ4v) is 1.57. The van der Waals surface area contributed by atoms with Gasteiger partial charge < -0.3 is 4.18 Å². The molecule has 0 amide bonds. The van der Waals surface area contributed by atoms with Crippen LogP contribution in [0.5, 0.6) is 5.75 Å². The molecule has 0 saturated heterocycles. The van der Waals surface area contributed by atoms with Gasteiger partial charge in [-0.1, -0.05) is 11.6 Å². The quantitative estimate of drug-likeness (QED) is 0.505. The summed E-state index contributed by atoms with van der Waals surface area (Å²) in [5, 5.41) is 10.6. The maximum absolute atomic E-state index is 10.5. The fraction of sp³-hybridized carbons (Fsp3) is 0.143. The van der Waals surface area contributed by atoms with Crippen LogP contribution in [0, 0.1) is 17.0 Å². The van der Waals surface area contributed by atoms with Crippen molar-refractivity contribution < 1.29 is 17.9 Å². The summed E-state index contributed by atoms with van der Waals surface area (Å²) in [6.45, 7) is 1.50. The van der Waals surface area contributed by atoms with Crippen LogP contribution in [0.4, 0.5) is 5.69 Å². The van der Waals surface area contributed by atoms with E-state index in [1.165, 1.54) is 13.0 Å². The Labute approximate surface area is 92.5 Å². The highest BCUT2D eigenvalue weighted by molar-refractivity contribution is 7.74. The first-order valence-electron chi connectivity index (χ1n) is 3.65. The van der Waals surface area contributed by atoms with Crippen LogP contribution in [-0.4, -0.2) is 13.7 Å². The van der Waals surface area contributed by atoms with E-state index in [4.69, 9.17) is 16.2 Å². The third-order valence-corrected chi connectivity index (χ3v) is 2.23. The minimum absolute atomic E-state index is 0.0421. The maximum atomic E-state index is 10.5. The van der Waals surface area contributed by atoms with Crippen molar-refractivity contribution in [2.75, 3.05) is 0 Å². The molecule has 82 valence electrons. The molecule has 0 aliphatic heterocycles. The Morgan fingerprint density at radius 3 is 2.67 bits per heavy atom. The van der Waals surface area contributed by atoms with Crippen molar-refractivity contribution in [3.8, 4) is 5.75 Å². The summed E-state index contributed by atoms with van der Waals surface area (Å²) in [5.41, 5.74) is 0.126. The summed E-state index contributed by atoms with van der Waals surface area (Å²) in [4.78, 5) is 9.91. The van der Waals surface area contributed by atoms with Crippen LogP contribution in [0.3, 0.4) is 0 Å². The van der Waals surface area contributed by atoms with Gasteiger partial charge in [0.1, 0.15) is 0 Å². The standard InChI is InChI=1S/C7H6ClNO5S/c1-4-2-5(8)7(14-15(12)13)3-6(4)9(10)11/h2-3H,1H3,(H,12,13). The lowest BCUT2D eigenvalue weighted by Gasteiger charge is -2.04. The highest BCUT2D eigenvalue weighted by Crippen LogP contribution is 2.32. The van der Waals surface area contributed by atoms with E-state index in [0.717, 1.165) is 6.07 Å². The first-order chi connectivity index (χ1) is 6.91. The van der Waals surface area contributed by atoms with E-state index in [1.54, 1.807) is 0 Å². The van der Waals surface area contributed by atoms with Gasteiger partial charge >= 0.3 is 11.4 Å². The molecule has 15 heavy (non-hydrogen) atoms. The molecule has 1 N–H and O–H groups in total. The number of benzene rings is 1. The first kappa shape index (κ1) is 11.9. The number of nitro benzene ring substituents is 1. The normalized spacial score (nSPS) is 12.2. The van der Waals surface area contributed by atoms with E-state index in [-0.39, 0.29) is 16.5 Å². The van der Waals surface area contributed by atoms with Crippen molar-refractivity contribution in [1.82, 2.24) is 0 Å². The zero-order chi connectivity index (χ0) is 11.6. The van der Waals surface area contributed by atoms with E-state index in [0.29, 0.717) is 5.56 Å². The second-order valence-electron chi connectivity index (χ2n) is 2.63. The van der Waals surface area contributed by atoms with E-state index < -0.39 is 16.3 Å². The minimum Gasteiger partial charge on any atom is -0.378 e. The van der Waals surface area contributed by atoms with E-state index in [1.807, 2.05) is 0 Å². The van der Waals surface area contributed by atoms with E-state index >= 15 is 0 Å². The molecule has 1 atom stereocenters. The molecule has 0 bridgehead atoms. The van der Waals surface area contributed by atoms with Gasteiger partial charge in [0.2, 0.25) is 0 Å². The van der Waals surface area contributed by atoms with Gasteiger partial charge in [0.25, 0.3) is 5.69 Å². The summed E-state index contributed by atoms with van der Waals surface area (Å²) in [6, 6.07) is 2.30. The zero-order valence-electron chi connectivity index (χ0n) is 7.47. The molecule has 0 aromatic heterocycles. The highest BCUT2D eigenvalue weighted by atomic mass is 35.5. The molecular formula is C7H6ClNO5S. The predicted octanol–water partition coefficient (Wildman–Crippen LogP) is 2.07. The van der Waals surface area contributed by atoms with Gasteiger partial charge in [0, 0.05) is 5.56 Å². The lowest BCUT2D eigenvalue weighted by molar-refractivity contribution is -0.385. The number of nitrogens with zero attached hydrogens (tertiary/aromatic N) is 1. The van der Waals surface area contributed by atoms with Crippen LogP contribution in [0.25, 0.3) is 0 Å². The Bertz CT molecular complexity index is 436. The van der Waals surface area contributed by atoms with Gasteiger partial charge in [-0.15, -0.1) is 0 Å². The molecule has 0 heterocycles. The lowest BCUT2D eigenvalue weighted by atomic mass is 10.2. The molecule has 0 saturated carbocycles. The largest absolute Gasteiger partial charge is 0.378 e. The number of hydrogen-bond donors (Lipinski definition) is 1. The molecule has 1 unspecified atom stereocenters. The molecule has 0 radical (unpaired) electrons. The van der Waals surface area contributed by atoms with Gasteiger partial charge in [-0.3, -0.25) is 14.7 Å². The van der Waals surface area contributed by atoms with Crippen LogP contribution in [0.15, 0.2) is 12.1 Å². The maximum Gasteiger partial charge on any atom is 0.357 e. The minimum atomic E-state index is -2.56. The van der Waals surface area contributed by atoms with Crippen molar-refractivity contribution >= 4 is 28.6 Å². The van der Waals surface area contributed by atoms with Crippen LogP contribution >= 0.6 is 11.6 Å². The molecule has 1 rings (SSSR count). The average Bonchev–Trinajstić information content (AvgIpc) is 2.08.